The van der Waals surface area contributed by atoms with Gasteiger partial charge in [0.1, 0.15) is 12.6 Å². The minimum atomic E-state index is -1.58. The maximum atomic E-state index is 13.4. The standard InChI is InChI=1S/C23H23NO10/c1-12(25)33-16-8-13(6-7-15(16)28-2)20-23(11-32-22(27)34-23)21(26)24(20)14-9-17(29-3)19(31-5)18(10-14)30-4/h6-10,20H,11H2,1-5H3/t20-,23-/m0/s1. The first-order valence-corrected chi connectivity index (χ1v) is 10.2. The lowest BCUT2D eigenvalue weighted by Gasteiger charge is -2.51. The van der Waals surface area contributed by atoms with E-state index >= 15 is 0 Å². The maximum absolute atomic E-state index is 13.4. The van der Waals surface area contributed by atoms with Crippen molar-refractivity contribution in [2.24, 2.45) is 0 Å². The molecule has 0 aliphatic carbocycles. The summed E-state index contributed by atoms with van der Waals surface area (Å²) < 4.78 is 37.1. The van der Waals surface area contributed by atoms with E-state index in [9.17, 15) is 14.4 Å². The molecule has 2 aliphatic heterocycles. The van der Waals surface area contributed by atoms with Gasteiger partial charge in [-0.25, -0.2) is 4.79 Å². The van der Waals surface area contributed by atoms with Crippen LogP contribution >= 0.6 is 0 Å². The molecule has 11 nitrogen and oxygen atoms in total. The van der Waals surface area contributed by atoms with Crippen molar-refractivity contribution in [1.82, 2.24) is 0 Å². The van der Waals surface area contributed by atoms with Crippen molar-refractivity contribution < 1.29 is 47.5 Å². The van der Waals surface area contributed by atoms with E-state index in [1.807, 2.05) is 0 Å². The molecule has 1 spiro atoms. The summed E-state index contributed by atoms with van der Waals surface area (Å²) in [6.45, 7) is 0.987. The minimum absolute atomic E-state index is 0.150. The second-order valence-corrected chi connectivity index (χ2v) is 7.50. The van der Waals surface area contributed by atoms with E-state index in [1.165, 1.54) is 40.3 Å². The molecule has 2 aromatic carbocycles. The topological polar surface area (TPSA) is 119 Å². The summed E-state index contributed by atoms with van der Waals surface area (Å²) in [5.74, 6) is 0.438. The zero-order valence-corrected chi connectivity index (χ0v) is 19.2. The molecule has 0 N–H and O–H groups in total. The van der Waals surface area contributed by atoms with Crippen molar-refractivity contribution in [1.29, 1.82) is 0 Å². The van der Waals surface area contributed by atoms with Gasteiger partial charge in [-0.1, -0.05) is 6.07 Å². The number of methoxy groups -OCH3 is 4. The van der Waals surface area contributed by atoms with E-state index in [2.05, 4.69) is 0 Å². The van der Waals surface area contributed by atoms with Gasteiger partial charge in [-0.2, -0.15) is 0 Å². The monoisotopic (exact) mass is 473 g/mol. The molecule has 2 aliphatic rings. The summed E-state index contributed by atoms with van der Waals surface area (Å²) in [6.07, 6.45) is -0.948. The van der Waals surface area contributed by atoms with Gasteiger partial charge in [-0.15, -0.1) is 0 Å². The van der Waals surface area contributed by atoms with Gasteiger partial charge in [0.25, 0.3) is 11.5 Å². The van der Waals surface area contributed by atoms with E-state index in [0.717, 1.165) is 0 Å². The Balaban J connectivity index is 1.85. The lowest BCUT2D eigenvalue weighted by molar-refractivity contribution is -0.149. The molecular formula is C23H23NO10. The Labute approximate surface area is 195 Å². The fourth-order valence-corrected chi connectivity index (χ4v) is 4.18. The number of anilines is 1. The Morgan fingerprint density at radius 2 is 1.59 bits per heavy atom. The van der Waals surface area contributed by atoms with Crippen molar-refractivity contribution in [2.75, 3.05) is 39.9 Å². The molecule has 2 heterocycles. The molecule has 180 valence electrons. The molecular weight excluding hydrogens is 450 g/mol. The number of carbonyl (C=O) groups is 3. The lowest BCUT2D eigenvalue weighted by atomic mass is 9.77. The molecule has 11 heteroatoms. The fraction of sp³-hybridized carbons (Fsp3) is 0.348. The van der Waals surface area contributed by atoms with E-state index < -0.39 is 29.7 Å². The first-order chi connectivity index (χ1) is 16.3. The number of rotatable bonds is 7. The van der Waals surface area contributed by atoms with Gasteiger partial charge in [0.2, 0.25) is 5.75 Å². The van der Waals surface area contributed by atoms with Gasteiger partial charge in [0.15, 0.2) is 23.0 Å². The summed E-state index contributed by atoms with van der Waals surface area (Å²) in [5, 5.41) is 0. The van der Waals surface area contributed by atoms with Crippen LogP contribution in [0.1, 0.15) is 18.5 Å². The second kappa shape index (κ2) is 8.65. The normalized spacial score (nSPS) is 20.9. The highest BCUT2D eigenvalue weighted by Gasteiger charge is 2.69. The molecule has 0 radical (unpaired) electrons. The first kappa shape index (κ1) is 23.0. The number of ether oxygens (including phenoxy) is 7. The summed E-state index contributed by atoms with van der Waals surface area (Å²) in [7, 11) is 5.82. The van der Waals surface area contributed by atoms with Gasteiger partial charge in [-0.05, 0) is 17.7 Å². The van der Waals surface area contributed by atoms with E-state index in [1.54, 1.807) is 30.3 Å². The van der Waals surface area contributed by atoms with Crippen molar-refractivity contribution >= 4 is 23.7 Å². The number of carbonyl (C=O) groups excluding carboxylic acids is 3. The fourth-order valence-electron chi connectivity index (χ4n) is 4.18. The molecule has 0 aromatic heterocycles. The Hall–Kier alpha value is -4.15. The Bertz CT molecular complexity index is 1140. The molecule has 1 amide bonds. The molecule has 2 saturated heterocycles. The average Bonchev–Trinajstić information content (AvgIpc) is 3.24. The Kier molecular flexibility index (Phi) is 5.86. The summed E-state index contributed by atoms with van der Waals surface area (Å²) >= 11 is 0. The smallest absolute Gasteiger partial charge is 0.493 e. The highest BCUT2D eigenvalue weighted by Crippen LogP contribution is 2.54. The van der Waals surface area contributed by atoms with Gasteiger partial charge in [-0.3, -0.25) is 14.5 Å². The molecule has 4 rings (SSSR count). The molecule has 2 atom stereocenters. The van der Waals surface area contributed by atoms with Crippen LogP contribution in [0.15, 0.2) is 30.3 Å². The van der Waals surface area contributed by atoms with Gasteiger partial charge in [0.05, 0.1) is 34.1 Å². The van der Waals surface area contributed by atoms with Crippen LogP contribution in [0.5, 0.6) is 28.7 Å². The van der Waals surface area contributed by atoms with E-state index in [0.29, 0.717) is 34.2 Å². The number of cyclic esters (lactones) is 1. The number of nitrogens with zero attached hydrogens (tertiary/aromatic N) is 1. The SMILES string of the molecule is COc1ccc([C@@H]2N(c3cc(OC)c(OC)c(OC)c3)C(=O)[C@]23COC(=O)O3)cc1OC(C)=O. The van der Waals surface area contributed by atoms with Gasteiger partial charge >= 0.3 is 12.1 Å². The van der Waals surface area contributed by atoms with Gasteiger partial charge < -0.3 is 33.2 Å². The number of β-lactam (4-membered cyclic amide) rings is 1. The van der Waals surface area contributed by atoms with Crippen LogP contribution < -0.4 is 28.6 Å². The highest BCUT2D eigenvalue weighted by atomic mass is 16.8. The quantitative estimate of drug-likeness (QED) is 0.337. The Morgan fingerprint density at radius 1 is 0.941 bits per heavy atom. The predicted octanol–water partition coefficient (Wildman–Crippen LogP) is 2.64. The zero-order valence-electron chi connectivity index (χ0n) is 19.2. The van der Waals surface area contributed by atoms with E-state index in [-0.39, 0.29) is 12.4 Å². The van der Waals surface area contributed by atoms with Crippen molar-refractivity contribution in [3.63, 3.8) is 0 Å². The zero-order chi connectivity index (χ0) is 24.6. The highest BCUT2D eigenvalue weighted by molar-refractivity contribution is 6.10. The summed E-state index contributed by atoms with van der Waals surface area (Å²) in [5.41, 5.74) is -0.661. The lowest BCUT2D eigenvalue weighted by Crippen LogP contribution is -2.70. The number of hydrogen-bond acceptors (Lipinski definition) is 10. The predicted molar refractivity (Wildman–Crippen MR) is 116 cm³/mol. The minimum Gasteiger partial charge on any atom is -0.493 e. The summed E-state index contributed by atoms with van der Waals surface area (Å²) in [6, 6.07) is 7.22. The largest absolute Gasteiger partial charge is 0.509 e. The Morgan fingerprint density at radius 3 is 2.09 bits per heavy atom. The van der Waals surface area contributed by atoms with Crippen LogP contribution in [-0.2, 0) is 19.1 Å². The van der Waals surface area contributed by atoms with Crippen LogP contribution in [-0.4, -0.2) is 58.7 Å². The maximum Gasteiger partial charge on any atom is 0.509 e. The van der Waals surface area contributed by atoms with Crippen LogP contribution in [0.25, 0.3) is 0 Å². The molecule has 34 heavy (non-hydrogen) atoms. The molecule has 2 fully saturated rings. The molecule has 0 saturated carbocycles. The number of benzene rings is 2. The van der Waals surface area contributed by atoms with Crippen molar-refractivity contribution in [2.45, 2.75) is 18.6 Å². The number of hydrogen-bond donors (Lipinski definition) is 0. The van der Waals surface area contributed by atoms with Crippen LogP contribution in [0.2, 0.25) is 0 Å². The summed E-state index contributed by atoms with van der Waals surface area (Å²) in [4.78, 5) is 38.3. The number of esters is 1. The van der Waals surface area contributed by atoms with Crippen LogP contribution in [0.3, 0.4) is 0 Å². The third kappa shape index (κ3) is 3.49. The van der Waals surface area contributed by atoms with Crippen molar-refractivity contribution in [3.05, 3.63) is 35.9 Å². The van der Waals surface area contributed by atoms with Crippen molar-refractivity contribution in [3.8, 4) is 28.7 Å². The average molecular weight is 473 g/mol. The molecule has 0 unspecified atom stereocenters. The second-order valence-electron chi connectivity index (χ2n) is 7.50. The third-order valence-corrected chi connectivity index (χ3v) is 5.64. The van der Waals surface area contributed by atoms with Crippen LogP contribution in [0.4, 0.5) is 10.5 Å². The van der Waals surface area contributed by atoms with Gasteiger partial charge in [0, 0.05) is 19.1 Å². The number of amides is 1. The van der Waals surface area contributed by atoms with Crippen LogP contribution in [0, 0.1) is 0 Å². The first-order valence-electron chi connectivity index (χ1n) is 10.2. The third-order valence-electron chi connectivity index (χ3n) is 5.64. The molecule has 2 aromatic rings. The van der Waals surface area contributed by atoms with E-state index in [4.69, 9.17) is 33.2 Å². The molecule has 0 bridgehead atoms.